The minimum Gasteiger partial charge on any atom is -0.360 e. The fourth-order valence-electron chi connectivity index (χ4n) is 3.00. The number of para-hydroxylation sites is 2. The molecule has 8 nitrogen and oxygen atoms in total. The Morgan fingerprint density at radius 2 is 1.93 bits per heavy atom. The van der Waals surface area contributed by atoms with Gasteiger partial charge in [0.1, 0.15) is 18.2 Å². The molecule has 4 rings (SSSR count). The van der Waals surface area contributed by atoms with Gasteiger partial charge in [-0.1, -0.05) is 12.1 Å². The van der Waals surface area contributed by atoms with Crippen LogP contribution in [0.25, 0.3) is 16.7 Å². The highest BCUT2D eigenvalue weighted by atomic mass is 19.1. The second-order valence-corrected chi connectivity index (χ2v) is 6.59. The highest BCUT2D eigenvalue weighted by molar-refractivity contribution is 5.90. The fourth-order valence-corrected chi connectivity index (χ4v) is 3.00. The van der Waals surface area contributed by atoms with Crippen molar-refractivity contribution in [3.63, 3.8) is 0 Å². The lowest BCUT2D eigenvalue weighted by molar-refractivity contribution is -0.117. The van der Waals surface area contributed by atoms with Gasteiger partial charge in [0.25, 0.3) is 0 Å². The molecule has 10 heteroatoms. The van der Waals surface area contributed by atoms with Crippen molar-refractivity contribution in [1.82, 2.24) is 19.2 Å². The van der Waals surface area contributed by atoms with Gasteiger partial charge < -0.3 is 10.2 Å². The number of anilines is 2. The van der Waals surface area contributed by atoms with Crippen LogP contribution in [0.5, 0.6) is 0 Å². The van der Waals surface area contributed by atoms with Gasteiger partial charge in [-0.15, -0.1) is 5.10 Å². The van der Waals surface area contributed by atoms with E-state index in [1.807, 2.05) is 0 Å². The Morgan fingerprint density at radius 3 is 2.66 bits per heavy atom. The molecule has 0 radical (unpaired) electrons. The van der Waals surface area contributed by atoms with Crippen LogP contribution in [0.3, 0.4) is 0 Å². The zero-order valence-corrected chi connectivity index (χ0v) is 15.6. The lowest BCUT2D eigenvalue weighted by Crippen LogP contribution is -2.28. The largest absolute Gasteiger partial charge is 0.360 e. The number of rotatable bonds is 4. The van der Waals surface area contributed by atoms with Gasteiger partial charge in [-0.25, -0.2) is 27.6 Å². The molecule has 0 saturated heterocycles. The summed E-state index contributed by atoms with van der Waals surface area (Å²) in [7, 11) is 3.54. The van der Waals surface area contributed by atoms with Gasteiger partial charge in [-0.05, 0) is 24.3 Å². The first kappa shape index (κ1) is 18.5. The zero-order chi connectivity index (χ0) is 20.7. The number of hydrogen-bond acceptors (Lipinski definition) is 5. The maximum atomic E-state index is 13.8. The quantitative estimate of drug-likeness (QED) is 0.569. The van der Waals surface area contributed by atoms with Gasteiger partial charge in [0.2, 0.25) is 11.6 Å². The van der Waals surface area contributed by atoms with Crippen LogP contribution in [0, 0.1) is 11.6 Å². The normalized spacial score (nSPS) is 11.2. The van der Waals surface area contributed by atoms with Crippen LogP contribution >= 0.6 is 0 Å². The number of benzene rings is 2. The molecule has 0 spiro atoms. The Bertz CT molecular complexity index is 1310. The Morgan fingerprint density at radius 1 is 1.17 bits per heavy atom. The topological polar surface area (TPSA) is 84.5 Å². The van der Waals surface area contributed by atoms with Crippen molar-refractivity contribution in [1.29, 1.82) is 0 Å². The van der Waals surface area contributed by atoms with Crippen LogP contribution in [0.2, 0.25) is 0 Å². The molecule has 1 amide bonds. The Kier molecular flexibility index (Phi) is 4.45. The SMILES string of the molecule is CN(C)c1nc2ccccc2n2c(=O)n(CC(=O)Nc3ccc(F)cc3F)nc12. The summed E-state index contributed by atoms with van der Waals surface area (Å²) < 4.78 is 29.1. The molecule has 0 saturated carbocycles. The summed E-state index contributed by atoms with van der Waals surface area (Å²) in [5.74, 6) is -1.88. The lowest BCUT2D eigenvalue weighted by Gasteiger charge is -2.12. The molecule has 0 fully saturated rings. The van der Waals surface area contributed by atoms with E-state index < -0.39 is 29.8 Å². The molecule has 4 aromatic rings. The molecule has 2 aromatic carbocycles. The average molecular weight is 398 g/mol. The Hall–Kier alpha value is -3.82. The van der Waals surface area contributed by atoms with Crippen LogP contribution in [0.4, 0.5) is 20.3 Å². The molecule has 0 aliphatic carbocycles. The average Bonchev–Trinajstić information content (AvgIpc) is 2.99. The van der Waals surface area contributed by atoms with Crippen molar-refractivity contribution in [2.45, 2.75) is 6.54 Å². The minimum absolute atomic E-state index is 0.186. The standard InChI is InChI=1S/C19H16F2N6O2/c1-25(2)17-18-24-26(10-16(28)22-13-8-7-11(20)9-12(13)21)19(29)27(18)15-6-4-3-5-14(15)23-17/h3-9H,10H2,1-2H3,(H,22,28). The first-order valence-electron chi connectivity index (χ1n) is 8.65. The summed E-state index contributed by atoms with van der Waals surface area (Å²) in [6, 6.07) is 9.88. The number of fused-ring (bicyclic) bond motifs is 3. The third kappa shape index (κ3) is 3.28. The van der Waals surface area contributed by atoms with Gasteiger partial charge in [0.05, 0.1) is 16.7 Å². The predicted molar refractivity (Wildman–Crippen MR) is 104 cm³/mol. The molecule has 0 bridgehead atoms. The van der Waals surface area contributed by atoms with E-state index in [1.54, 1.807) is 43.3 Å². The molecule has 1 N–H and O–H groups in total. The summed E-state index contributed by atoms with van der Waals surface area (Å²) in [6.45, 7) is -0.446. The van der Waals surface area contributed by atoms with Crippen molar-refractivity contribution in [2.24, 2.45) is 0 Å². The monoisotopic (exact) mass is 398 g/mol. The van der Waals surface area contributed by atoms with Crippen LogP contribution in [-0.2, 0) is 11.3 Å². The van der Waals surface area contributed by atoms with Gasteiger partial charge in [0.15, 0.2) is 5.82 Å². The van der Waals surface area contributed by atoms with Crippen molar-refractivity contribution in [2.75, 3.05) is 24.3 Å². The van der Waals surface area contributed by atoms with Gasteiger partial charge in [-0.3, -0.25) is 4.79 Å². The molecule has 2 aromatic heterocycles. The summed E-state index contributed by atoms with van der Waals surface area (Å²) in [6.07, 6.45) is 0. The smallest absolute Gasteiger partial charge is 0.351 e. The first-order chi connectivity index (χ1) is 13.8. The first-order valence-corrected chi connectivity index (χ1v) is 8.65. The number of carbonyl (C=O) groups is 1. The number of nitrogens with zero attached hydrogens (tertiary/aromatic N) is 5. The Balaban J connectivity index is 1.75. The molecule has 2 heterocycles. The molecular weight excluding hydrogens is 382 g/mol. The van der Waals surface area contributed by atoms with E-state index in [1.165, 1.54) is 4.40 Å². The van der Waals surface area contributed by atoms with Crippen LogP contribution in [0.15, 0.2) is 47.3 Å². The third-order valence-corrected chi connectivity index (χ3v) is 4.31. The second kappa shape index (κ2) is 6.97. The summed E-state index contributed by atoms with van der Waals surface area (Å²) in [4.78, 5) is 31.5. The molecule has 148 valence electrons. The van der Waals surface area contributed by atoms with E-state index in [-0.39, 0.29) is 5.69 Å². The van der Waals surface area contributed by atoms with Crippen molar-refractivity contribution < 1.29 is 13.6 Å². The third-order valence-electron chi connectivity index (χ3n) is 4.31. The minimum atomic E-state index is -0.911. The molecule has 0 aliphatic rings. The summed E-state index contributed by atoms with van der Waals surface area (Å²) in [5, 5.41) is 6.57. The fraction of sp³-hybridized carbons (Fsp3) is 0.158. The number of nitrogens with one attached hydrogen (secondary N) is 1. The van der Waals surface area contributed by atoms with E-state index in [4.69, 9.17) is 0 Å². The Labute approximate surface area is 163 Å². The van der Waals surface area contributed by atoms with Crippen LogP contribution in [0.1, 0.15) is 0 Å². The van der Waals surface area contributed by atoms with E-state index in [0.29, 0.717) is 28.6 Å². The second-order valence-electron chi connectivity index (χ2n) is 6.59. The van der Waals surface area contributed by atoms with Crippen LogP contribution < -0.4 is 15.9 Å². The number of amides is 1. The zero-order valence-electron chi connectivity index (χ0n) is 15.6. The maximum Gasteiger partial charge on any atom is 0.351 e. The number of halogens is 2. The summed E-state index contributed by atoms with van der Waals surface area (Å²) >= 11 is 0. The predicted octanol–water partition coefficient (Wildman–Crippen LogP) is 2.03. The molecular formula is C19H16F2N6O2. The van der Waals surface area contributed by atoms with E-state index >= 15 is 0 Å². The number of carbonyl (C=O) groups excluding carboxylic acids is 1. The summed E-state index contributed by atoms with van der Waals surface area (Å²) in [5.41, 5.74) is 0.725. The van der Waals surface area contributed by atoms with Crippen molar-refractivity contribution in [3.05, 3.63) is 64.6 Å². The molecule has 0 unspecified atom stereocenters. The van der Waals surface area contributed by atoms with Crippen LogP contribution in [-0.4, -0.2) is 39.2 Å². The number of aromatic nitrogens is 4. The van der Waals surface area contributed by atoms with Gasteiger partial charge in [0, 0.05) is 20.2 Å². The molecule has 0 atom stereocenters. The van der Waals surface area contributed by atoms with Gasteiger partial charge in [-0.2, -0.15) is 0 Å². The van der Waals surface area contributed by atoms with Crippen molar-refractivity contribution in [3.8, 4) is 0 Å². The van der Waals surface area contributed by atoms with E-state index in [9.17, 15) is 18.4 Å². The van der Waals surface area contributed by atoms with E-state index in [0.717, 1.165) is 16.8 Å². The molecule has 29 heavy (non-hydrogen) atoms. The highest BCUT2D eigenvalue weighted by Gasteiger charge is 2.19. The van der Waals surface area contributed by atoms with E-state index in [2.05, 4.69) is 15.4 Å². The van der Waals surface area contributed by atoms with Crippen molar-refractivity contribution >= 4 is 34.1 Å². The van der Waals surface area contributed by atoms with Gasteiger partial charge >= 0.3 is 5.69 Å². The highest BCUT2D eigenvalue weighted by Crippen LogP contribution is 2.20. The molecule has 0 aliphatic heterocycles. The maximum absolute atomic E-state index is 13.8. The lowest BCUT2D eigenvalue weighted by atomic mass is 10.3. The number of hydrogen-bond donors (Lipinski definition) is 1.